The Labute approximate surface area is 161 Å². The van der Waals surface area contributed by atoms with Crippen LogP contribution in [0.2, 0.25) is 5.02 Å². The van der Waals surface area contributed by atoms with Crippen molar-refractivity contribution in [1.82, 2.24) is 9.97 Å². The molecule has 1 aromatic heterocycles. The Morgan fingerprint density at radius 1 is 1.44 bits per heavy atom. The molecular weight excluding hydrogens is 367 g/mol. The fourth-order valence-corrected chi connectivity index (χ4v) is 3.92. The minimum absolute atomic E-state index is 0.109. The first-order valence-electron chi connectivity index (χ1n) is 8.77. The number of aryl methyl sites for hydroxylation is 1. The molecule has 1 aliphatic rings. The molecule has 0 aliphatic heterocycles. The van der Waals surface area contributed by atoms with Crippen molar-refractivity contribution < 1.29 is 9.50 Å². The number of nitrogens with zero attached hydrogens (tertiary/aromatic N) is 2. The first kappa shape index (κ1) is 17.8. The Hall–Kier alpha value is -2.60. The van der Waals surface area contributed by atoms with Gasteiger partial charge >= 0.3 is 0 Å². The second-order valence-electron chi connectivity index (χ2n) is 7.24. The predicted molar refractivity (Wildman–Crippen MR) is 105 cm³/mol. The molecule has 140 valence electrons. The number of aliphatic imine (C=N–C) groups is 1. The van der Waals surface area contributed by atoms with Gasteiger partial charge in [-0.15, -0.1) is 0 Å². The van der Waals surface area contributed by atoms with Crippen LogP contribution in [0.25, 0.3) is 11.0 Å². The summed E-state index contributed by atoms with van der Waals surface area (Å²) < 4.78 is 13.1. The lowest BCUT2D eigenvalue weighted by Gasteiger charge is -2.16. The molecule has 3 aromatic rings. The summed E-state index contributed by atoms with van der Waals surface area (Å²) in [5.74, 6) is 1.15. The lowest BCUT2D eigenvalue weighted by atomic mass is 10.0. The van der Waals surface area contributed by atoms with Crippen LogP contribution in [0.3, 0.4) is 0 Å². The molecule has 7 heteroatoms. The monoisotopic (exact) mass is 386 g/mol. The molecule has 0 radical (unpaired) electrons. The van der Waals surface area contributed by atoms with E-state index in [1.807, 2.05) is 6.92 Å². The molecule has 1 heterocycles. The van der Waals surface area contributed by atoms with E-state index < -0.39 is 5.54 Å². The number of aromatic hydroxyl groups is 1. The van der Waals surface area contributed by atoms with Crippen molar-refractivity contribution >= 4 is 28.5 Å². The van der Waals surface area contributed by atoms with Gasteiger partial charge in [0.1, 0.15) is 28.4 Å². The summed E-state index contributed by atoms with van der Waals surface area (Å²) in [6.07, 6.45) is 1.17. The molecule has 5 nitrogen and oxygen atoms in total. The fourth-order valence-electron chi connectivity index (χ4n) is 3.67. The molecule has 0 bridgehead atoms. The number of H-pyrrole nitrogens is 1. The molecule has 4 rings (SSSR count). The summed E-state index contributed by atoms with van der Waals surface area (Å²) in [7, 11) is 0. The third-order valence-electron chi connectivity index (χ3n) is 5.19. The van der Waals surface area contributed by atoms with Crippen LogP contribution in [0.4, 0.5) is 4.39 Å². The van der Waals surface area contributed by atoms with E-state index in [4.69, 9.17) is 22.3 Å². The van der Waals surface area contributed by atoms with Crippen molar-refractivity contribution in [2.24, 2.45) is 16.6 Å². The quantitative estimate of drug-likeness (QED) is 0.463. The highest BCUT2D eigenvalue weighted by Crippen LogP contribution is 2.58. The van der Waals surface area contributed by atoms with E-state index in [9.17, 15) is 9.50 Å². The third-order valence-corrected chi connectivity index (χ3v) is 5.48. The summed E-state index contributed by atoms with van der Waals surface area (Å²) in [4.78, 5) is 12.1. The third kappa shape index (κ3) is 3.04. The van der Waals surface area contributed by atoms with Crippen LogP contribution in [0.15, 0.2) is 35.3 Å². The number of halogens is 2. The number of fused-ring (bicyclic) bond motifs is 1. The average Bonchev–Trinajstić information content (AvgIpc) is 3.06. The molecule has 0 spiro atoms. The van der Waals surface area contributed by atoms with Gasteiger partial charge in [-0.3, -0.25) is 4.99 Å². The predicted octanol–water partition coefficient (Wildman–Crippen LogP) is 4.20. The molecule has 0 amide bonds. The van der Waals surface area contributed by atoms with E-state index in [1.165, 1.54) is 12.1 Å². The van der Waals surface area contributed by atoms with Crippen molar-refractivity contribution in [3.05, 3.63) is 58.1 Å². The summed E-state index contributed by atoms with van der Waals surface area (Å²) in [5.41, 5.74) is 8.18. The Morgan fingerprint density at radius 2 is 2.11 bits per heavy atom. The SMILES string of the molecule is Cc1nc2c(Cl)cc(C3(N=C(N)Cc4ccc(F)cc4)CC3C)c(O)c2[nH]1. The number of aromatic nitrogens is 2. The first-order chi connectivity index (χ1) is 12.8. The Balaban J connectivity index is 1.73. The van der Waals surface area contributed by atoms with Gasteiger partial charge in [-0.1, -0.05) is 30.7 Å². The highest BCUT2D eigenvalue weighted by molar-refractivity contribution is 6.35. The van der Waals surface area contributed by atoms with Gasteiger partial charge in [-0.2, -0.15) is 0 Å². The number of aromatic amines is 1. The van der Waals surface area contributed by atoms with Crippen LogP contribution in [0, 0.1) is 18.7 Å². The number of nitrogens with one attached hydrogen (secondary N) is 1. The average molecular weight is 387 g/mol. The summed E-state index contributed by atoms with van der Waals surface area (Å²) in [6, 6.07) is 7.91. The standard InChI is InChI=1S/C20H20ClFN4O/c1-10-9-20(10,26-16(23)7-12-3-5-13(22)6-4-12)14-8-15(21)17-18(19(14)27)25-11(2)24-17/h3-6,8,10,27H,7,9H2,1-2H3,(H2,23,26)(H,24,25). The number of hydrogen-bond acceptors (Lipinski definition) is 3. The highest BCUT2D eigenvalue weighted by Gasteiger charge is 2.54. The van der Waals surface area contributed by atoms with Crippen molar-refractivity contribution in [3.8, 4) is 5.75 Å². The van der Waals surface area contributed by atoms with Gasteiger partial charge in [0, 0.05) is 12.0 Å². The van der Waals surface area contributed by atoms with Crippen molar-refractivity contribution in [2.75, 3.05) is 0 Å². The number of rotatable bonds is 4. The van der Waals surface area contributed by atoms with E-state index in [0.717, 1.165) is 12.0 Å². The lowest BCUT2D eigenvalue weighted by molar-refractivity contribution is 0.462. The zero-order valence-corrected chi connectivity index (χ0v) is 15.8. The van der Waals surface area contributed by atoms with Crippen LogP contribution in [0.5, 0.6) is 5.75 Å². The molecule has 4 N–H and O–H groups in total. The molecule has 2 unspecified atom stereocenters. The Kier molecular flexibility index (Phi) is 4.11. The van der Waals surface area contributed by atoms with Crippen molar-refractivity contribution in [1.29, 1.82) is 0 Å². The normalized spacial score (nSPS) is 22.4. The highest BCUT2D eigenvalue weighted by atomic mass is 35.5. The fraction of sp³-hybridized carbons (Fsp3) is 0.300. The second kappa shape index (κ2) is 6.23. The zero-order valence-electron chi connectivity index (χ0n) is 15.1. The van der Waals surface area contributed by atoms with Gasteiger partial charge in [-0.05, 0) is 43.0 Å². The van der Waals surface area contributed by atoms with E-state index in [0.29, 0.717) is 39.7 Å². The molecule has 1 saturated carbocycles. The van der Waals surface area contributed by atoms with Gasteiger partial charge < -0.3 is 15.8 Å². The molecule has 27 heavy (non-hydrogen) atoms. The first-order valence-corrected chi connectivity index (χ1v) is 9.15. The van der Waals surface area contributed by atoms with Crippen molar-refractivity contribution in [3.63, 3.8) is 0 Å². The van der Waals surface area contributed by atoms with Crippen molar-refractivity contribution in [2.45, 2.75) is 32.2 Å². The van der Waals surface area contributed by atoms with E-state index in [-0.39, 0.29) is 17.5 Å². The molecular formula is C20H20ClFN4O. The minimum atomic E-state index is -0.606. The summed E-state index contributed by atoms with van der Waals surface area (Å²) in [6.45, 7) is 3.87. The van der Waals surface area contributed by atoms with Crippen LogP contribution < -0.4 is 5.73 Å². The number of hydrogen-bond donors (Lipinski definition) is 3. The number of amidine groups is 1. The number of imidazole rings is 1. The zero-order chi connectivity index (χ0) is 19.3. The lowest BCUT2D eigenvalue weighted by Crippen LogP contribution is -2.20. The molecule has 1 fully saturated rings. The summed E-state index contributed by atoms with van der Waals surface area (Å²) in [5, 5.41) is 11.3. The molecule has 2 aromatic carbocycles. The second-order valence-corrected chi connectivity index (χ2v) is 7.64. The largest absolute Gasteiger partial charge is 0.505 e. The maximum absolute atomic E-state index is 13.1. The smallest absolute Gasteiger partial charge is 0.147 e. The maximum Gasteiger partial charge on any atom is 0.147 e. The number of benzene rings is 2. The van der Waals surface area contributed by atoms with E-state index in [1.54, 1.807) is 18.2 Å². The molecule has 2 atom stereocenters. The molecule has 0 saturated heterocycles. The van der Waals surface area contributed by atoms with E-state index in [2.05, 4.69) is 16.9 Å². The van der Waals surface area contributed by atoms with Crippen LogP contribution in [-0.2, 0) is 12.0 Å². The minimum Gasteiger partial charge on any atom is -0.505 e. The number of nitrogens with two attached hydrogens (primary N) is 1. The summed E-state index contributed by atoms with van der Waals surface area (Å²) >= 11 is 6.40. The Bertz CT molecular complexity index is 1060. The topological polar surface area (TPSA) is 87.3 Å². The van der Waals surface area contributed by atoms with Gasteiger partial charge in [0.15, 0.2) is 0 Å². The number of phenolic OH excluding ortho intramolecular Hbond substituents is 1. The van der Waals surface area contributed by atoms with Gasteiger partial charge in [0.05, 0.1) is 16.4 Å². The van der Waals surface area contributed by atoms with E-state index >= 15 is 0 Å². The van der Waals surface area contributed by atoms with Crippen LogP contribution >= 0.6 is 11.6 Å². The van der Waals surface area contributed by atoms with Gasteiger partial charge in [0.2, 0.25) is 0 Å². The maximum atomic E-state index is 13.1. The van der Waals surface area contributed by atoms with Crippen LogP contribution in [-0.4, -0.2) is 20.9 Å². The molecule has 1 aliphatic carbocycles. The van der Waals surface area contributed by atoms with Gasteiger partial charge in [-0.25, -0.2) is 9.37 Å². The van der Waals surface area contributed by atoms with Gasteiger partial charge in [0.25, 0.3) is 0 Å². The number of phenols is 1. The Morgan fingerprint density at radius 3 is 2.74 bits per heavy atom. The van der Waals surface area contributed by atoms with Crippen LogP contribution in [0.1, 0.15) is 30.3 Å².